The molecule has 0 fully saturated rings. The second-order valence-electron chi connectivity index (χ2n) is 6.60. The minimum absolute atomic E-state index is 0.000412. The fourth-order valence-corrected chi connectivity index (χ4v) is 4.50. The number of anilines is 1. The predicted molar refractivity (Wildman–Crippen MR) is 117 cm³/mol. The molecule has 0 bridgehead atoms. The number of nitrogens with zero attached hydrogens (tertiary/aromatic N) is 1. The number of para-hydroxylation sites is 1. The monoisotopic (exact) mass is 442 g/mol. The van der Waals surface area contributed by atoms with Crippen molar-refractivity contribution in [3.63, 3.8) is 0 Å². The lowest BCUT2D eigenvalue weighted by molar-refractivity contribution is 0.102. The summed E-state index contributed by atoms with van der Waals surface area (Å²) in [7, 11) is -3.77. The number of hydrogen-bond donors (Lipinski definition) is 1. The number of hydrogen-bond acceptors (Lipinski definition) is 4. The van der Waals surface area contributed by atoms with Crippen LogP contribution in [0.5, 0.6) is 11.5 Å². The maximum absolute atomic E-state index is 14.1. The third kappa shape index (κ3) is 5.10. The second-order valence-corrected chi connectivity index (χ2v) is 8.53. The number of ether oxygens (including phenoxy) is 1. The van der Waals surface area contributed by atoms with Crippen LogP contribution in [0, 0.1) is 5.82 Å². The van der Waals surface area contributed by atoms with E-state index in [9.17, 15) is 17.6 Å². The third-order valence-corrected chi connectivity index (χ3v) is 6.68. The Bertz CT molecular complexity index is 1160. The van der Waals surface area contributed by atoms with Crippen molar-refractivity contribution >= 4 is 21.6 Å². The first-order chi connectivity index (χ1) is 14.9. The smallest absolute Gasteiger partial charge is 0.258 e. The molecule has 0 spiro atoms. The molecule has 0 aliphatic carbocycles. The molecule has 162 valence electrons. The van der Waals surface area contributed by atoms with E-state index in [1.165, 1.54) is 40.7 Å². The molecule has 3 aromatic rings. The van der Waals surface area contributed by atoms with E-state index in [2.05, 4.69) is 5.32 Å². The molecule has 0 radical (unpaired) electrons. The topological polar surface area (TPSA) is 75.7 Å². The number of amides is 1. The average molecular weight is 443 g/mol. The summed E-state index contributed by atoms with van der Waals surface area (Å²) in [5.41, 5.74) is -0.0458. The minimum atomic E-state index is -3.77. The molecule has 0 saturated carbocycles. The first-order valence-corrected chi connectivity index (χ1v) is 11.2. The van der Waals surface area contributed by atoms with Gasteiger partial charge >= 0.3 is 0 Å². The van der Waals surface area contributed by atoms with E-state index in [4.69, 9.17) is 4.74 Å². The number of carbonyl (C=O) groups excluding carboxylic acids is 1. The molecule has 3 aromatic carbocycles. The lowest BCUT2D eigenvalue weighted by Gasteiger charge is -2.20. The molecule has 0 heterocycles. The molecular weight excluding hydrogens is 419 g/mol. The van der Waals surface area contributed by atoms with Crippen molar-refractivity contribution in [3.05, 3.63) is 84.2 Å². The van der Waals surface area contributed by atoms with Crippen LogP contribution in [0.25, 0.3) is 0 Å². The van der Waals surface area contributed by atoms with Gasteiger partial charge in [-0.05, 0) is 42.5 Å². The van der Waals surface area contributed by atoms with E-state index in [0.717, 1.165) is 0 Å². The molecule has 1 amide bonds. The molecule has 1 N–H and O–H groups in total. The fourth-order valence-electron chi connectivity index (χ4n) is 3.02. The van der Waals surface area contributed by atoms with E-state index in [-0.39, 0.29) is 21.9 Å². The molecular formula is C23H23FN2O4S. The molecule has 3 rings (SSSR count). The van der Waals surface area contributed by atoms with Gasteiger partial charge in [-0.2, -0.15) is 4.31 Å². The zero-order valence-corrected chi connectivity index (χ0v) is 18.0. The van der Waals surface area contributed by atoms with Gasteiger partial charge in [0.2, 0.25) is 10.0 Å². The van der Waals surface area contributed by atoms with Crippen molar-refractivity contribution in [2.45, 2.75) is 18.7 Å². The predicted octanol–water partition coefficient (Wildman–Crippen LogP) is 4.90. The van der Waals surface area contributed by atoms with Gasteiger partial charge in [-0.1, -0.05) is 44.2 Å². The van der Waals surface area contributed by atoms with Crippen LogP contribution in [0.4, 0.5) is 10.1 Å². The van der Waals surface area contributed by atoms with Crippen molar-refractivity contribution in [2.24, 2.45) is 0 Å². The molecule has 6 nitrogen and oxygen atoms in total. The number of nitrogens with one attached hydrogen (secondary N) is 1. The van der Waals surface area contributed by atoms with Gasteiger partial charge in [-0.3, -0.25) is 4.79 Å². The lowest BCUT2D eigenvalue weighted by atomic mass is 10.2. The normalized spacial score (nSPS) is 11.4. The molecule has 0 saturated heterocycles. The Hall–Kier alpha value is -3.23. The van der Waals surface area contributed by atoms with Crippen LogP contribution in [-0.2, 0) is 10.0 Å². The standard InChI is InChI=1S/C23H23FN2O4S/c1-3-26(4-2)31(28,29)18-14-15-22(30-17-10-6-5-7-11-17)21(16-18)25-23(27)19-12-8-9-13-20(19)24/h5-16H,3-4H2,1-2H3,(H,25,27). The zero-order chi connectivity index (χ0) is 22.4. The highest BCUT2D eigenvalue weighted by Gasteiger charge is 2.24. The second kappa shape index (κ2) is 9.72. The van der Waals surface area contributed by atoms with Gasteiger partial charge in [0.05, 0.1) is 16.1 Å². The first kappa shape index (κ1) is 22.5. The molecule has 0 aliphatic rings. The molecule has 31 heavy (non-hydrogen) atoms. The van der Waals surface area contributed by atoms with Crippen LogP contribution < -0.4 is 10.1 Å². The summed E-state index contributed by atoms with van der Waals surface area (Å²) < 4.78 is 47.1. The van der Waals surface area contributed by atoms with Gasteiger partial charge in [0.15, 0.2) is 5.75 Å². The average Bonchev–Trinajstić information content (AvgIpc) is 2.76. The van der Waals surface area contributed by atoms with Crippen LogP contribution in [0.3, 0.4) is 0 Å². The Labute approximate surface area is 181 Å². The highest BCUT2D eigenvalue weighted by Crippen LogP contribution is 2.33. The van der Waals surface area contributed by atoms with E-state index in [1.807, 2.05) is 6.07 Å². The van der Waals surface area contributed by atoms with Gasteiger partial charge < -0.3 is 10.1 Å². The summed E-state index contributed by atoms with van der Waals surface area (Å²) in [5.74, 6) is -0.663. The lowest BCUT2D eigenvalue weighted by Crippen LogP contribution is -2.30. The third-order valence-electron chi connectivity index (χ3n) is 4.63. The Morgan fingerprint density at radius 1 is 0.968 bits per heavy atom. The summed E-state index contributed by atoms with van der Waals surface area (Å²) in [4.78, 5) is 12.7. The van der Waals surface area contributed by atoms with Crippen molar-refractivity contribution in [1.82, 2.24) is 4.31 Å². The van der Waals surface area contributed by atoms with E-state index in [0.29, 0.717) is 18.8 Å². The minimum Gasteiger partial charge on any atom is -0.455 e. The van der Waals surface area contributed by atoms with Crippen molar-refractivity contribution in [3.8, 4) is 11.5 Å². The summed E-state index contributed by atoms with van der Waals surface area (Å²) in [6, 6.07) is 18.6. The Kier molecular flexibility index (Phi) is 7.04. The number of halogens is 1. The van der Waals surface area contributed by atoms with Gasteiger partial charge in [0.25, 0.3) is 5.91 Å². The Balaban J connectivity index is 2.03. The van der Waals surface area contributed by atoms with Gasteiger partial charge in [-0.25, -0.2) is 12.8 Å². The maximum atomic E-state index is 14.1. The number of benzene rings is 3. The first-order valence-electron chi connectivity index (χ1n) is 9.79. The van der Waals surface area contributed by atoms with Crippen molar-refractivity contribution in [1.29, 1.82) is 0 Å². The van der Waals surface area contributed by atoms with Gasteiger partial charge in [0.1, 0.15) is 11.6 Å². The van der Waals surface area contributed by atoms with Gasteiger partial charge in [-0.15, -0.1) is 0 Å². The molecule has 0 aromatic heterocycles. The Morgan fingerprint density at radius 3 is 2.26 bits per heavy atom. The van der Waals surface area contributed by atoms with Crippen LogP contribution in [0.15, 0.2) is 77.7 Å². The summed E-state index contributed by atoms with van der Waals surface area (Å²) in [5, 5.41) is 2.59. The van der Waals surface area contributed by atoms with E-state index < -0.39 is 21.7 Å². The SMILES string of the molecule is CCN(CC)S(=O)(=O)c1ccc(Oc2ccccc2)c(NC(=O)c2ccccc2F)c1. The van der Waals surface area contributed by atoms with Crippen LogP contribution in [0.2, 0.25) is 0 Å². The molecule has 0 unspecified atom stereocenters. The van der Waals surface area contributed by atoms with E-state index >= 15 is 0 Å². The number of sulfonamides is 1. The van der Waals surface area contributed by atoms with Crippen molar-refractivity contribution < 1.29 is 22.3 Å². The van der Waals surface area contributed by atoms with Crippen LogP contribution in [-0.4, -0.2) is 31.7 Å². The number of carbonyl (C=O) groups is 1. The van der Waals surface area contributed by atoms with Crippen LogP contribution in [0.1, 0.15) is 24.2 Å². The molecule has 0 atom stereocenters. The molecule has 0 aliphatic heterocycles. The Morgan fingerprint density at radius 2 is 1.61 bits per heavy atom. The maximum Gasteiger partial charge on any atom is 0.258 e. The highest BCUT2D eigenvalue weighted by molar-refractivity contribution is 7.89. The quantitative estimate of drug-likeness (QED) is 0.538. The van der Waals surface area contributed by atoms with Crippen LogP contribution >= 0.6 is 0 Å². The van der Waals surface area contributed by atoms with E-state index in [1.54, 1.807) is 44.2 Å². The van der Waals surface area contributed by atoms with Crippen molar-refractivity contribution in [2.75, 3.05) is 18.4 Å². The number of rotatable bonds is 8. The largest absolute Gasteiger partial charge is 0.455 e. The summed E-state index contributed by atoms with van der Waals surface area (Å²) >= 11 is 0. The summed E-state index contributed by atoms with van der Waals surface area (Å²) in [6.07, 6.45) is 0. The molecule has 8 heteroatoms. The van der Waals surface area contributed by atoms with Gasteiger partial charge in [0, 0.05) is 13.1 Å². The highest BCUT2D eigenvalue weighted by atomic mass is 32.2. The zero-order valence-electron chi connectivity index (χ0n) is 17.2. The summed E-state index contributed by atoms with van der Waals surface area (Å²) in [6.45, 7) is 4.10. The fraction of sp³-hybridized carbons (Fsp3) is 0.174.